The van der Waals surface area contributed by atoms with Crippen molar-refractivity contribution in [1.82, 2.24) is 5.32 Å². The summed E-state index contributed by atoms with van der Waals surface area (Å²) in [6.07, 6.45) is 0. The Balaban J connectivity index is 0.000000537. The molecule has 158 valence electrons. The van der Waals surface area contributed by atoms with Crippen molar-refractivity contribution in [1.29, 1.82) is 0 Å². The number of nitrogens with zero attached hydrogens (tertiary/aromatic N) is 1. The van der Waals surface area contributed by atoms with Crippen molar-refractivity contribution in [2.45, 2.75) is 39.5 Å². The van der Waals surface area contributed by atoms with Crippen LogP contribution in [0.4, 0.5) is 23.0 Å². The lowest BCUT2D eigenvalue weighted by molar-refractivity contribution is -0.429. The molecular formula is C21H27BF4N2O. The SMILES string of the molecule is CC(C)c1cccc(C(C)C)c1C1=[N+](c2ccccc2O)CCN1.F[B-](F)(F)F. The summed E-state index contributed by atoms with van der Waals surface area (Å²) in [5, 5.41) is 13.9. The number of halogens is 4. The monoisotopic (exact) mass is 410 g/mol. The first-order valence-electron chi connectivity index (χ1n) is 9.67. The highest BCUT2D eigenvalue weighted by atomic mass is 19.5. The van der Waals surface area contributed by atoms with Gasteiger partial charge < -0.3 is 22.4 Å². The van der Waals surface area contributed by atoms with Gasteiger partial charge in [-0.15, -0.1) is 0 Å². The predicted octanol–water partition coefficient (Wildman–Crippen LogP) is 5.63. The van der Waals surface area contributed by atoms with Crippen molar-refractivity contribution in [2.24, 2.45) is 0 Å². The van der Waals surface area contributed by atoms with E-state index in [-0.39, 0.29) is 0 Å². The molecule has 2 aromatic rings. The number of hydrogen-bond acceptors (Lipinski definition) is 2. The fourth-order valence-corrected chi connectivity index (χ4v) is 3.47. The summed E-state index contributed by atoms with van der Waals surface area (Å²) >= 11 is 0. The maximum absolute atomic E-state index is 10.3. The maximum Gasteiger partial charge on any atom is 0.673 e. The quantitative estimate of drug-likeness (QED) is 0.389. The molecule has 1 heterocycles. The summed E-state index contributed by atoms with van der Waals surface area (Å²) < 4.78 is 41.2. The molecule has 0 amide bonds. The van der Waals surface area contributed by atoms with Gasteiger partial charge in [-0.05, 0) is 35.1 Å². The van der Waals surface area contributed by atoms with E-state index in [0.29, 0.717) is 17.6 Å². The Morgan fingerprint density at radius 1 is 0.897 bits per heavy atom. The van der Waals surface area contributed by atoms with Crippen LogP contribution in [0, 0.1) is 0 Å². The summed E-state index contributed by atoms with van der Waals surface area (Å²) in [5.74, 6) is 2.33. The van der Waals surface area contributed by atoms with Crippen LogP contribution in [0.25, 0.3) is 0 Å². The minimum absolute atomic E-state index is 0.326. The van der Waals surface area contributed by atoms with Crippen LogP contribution in [-0.2, 0) is 0 Å². The minimum Gasteiger partial charge on any atom is -0.504 e. The van der Waals surface area contributed by atoms with E-state index in [1.165, 1.54) is 16.7 Å². The largest absolute Gasteiger partial charge is 0.673 e. The average Bonchev–Trinajstić information content (AvgIpc) is 3.09. The molecule has 2 aromatic carbocycles. The molecule has 2 N–H and O–H groups in total. The minimum atomic E-state index is -6.00. The zero-order chi connectivity index (χ0) is 21.8. The Labute approximate surface area is 169 Å². The van der Waals surface area contributed by atoms with Gasteiger partial charge in [-0.25, -0.2) is 4.58 Å². The first-order valence-corrected chi connectivity index (χ1v) is 9.67. The normalized spacial score (nSPS) is 14.1. The number of phenolic OH excluding ortho intramolecular Hbond substituents is 1. The van der Waals surface area contributed by atoms with Crippen molar-refractivity contribution < 1.29 is 26.9 Å². The molecule has 3 rings (SSSR count). The van der Waals surface area contributed by atoms with E-state index < -0.39 is 7.25 Å². The van der Waals surface area contributed by atoms with E-state index in [1.54, 1.807) is 6.07 Å². The predicted molar refractivity (Wildman–Crippen MR) is 110 cm³/mol. The number of hydrogen-bond donors (Lipinski definition) is 2. The molecule has 0 radical (unpaired) electrons. The molecule has 0 aliphatic carbocycles. The molecule has 29 heavy (non-hydrogen) atoms. The first-order chi connectivity index (χ1) is 13.5. The molecule has 8 heteroatoms. The fourth-order valence-electron chi connectivity index (χ4n) is 3.47. The zero-order valence-corrected chi connectivity index (χ0v) is 17.1. The average molecular weight is 410 g/mol. The lowest BCUT2D eigenvalue weighted by Gasteiger charge is -2.18. The number of phenols is 1. The van der Waals surface area contributed by atoms with E-state index in [2.05, 4.69) is 55.8 Å². The van der Waals surface area contributed by atoms with Gasteiger partial charge in [0, 0.05) is 0 Å². The van der Waals surface area contributed by atoms with Crippen molar-refractivity contribution in [3.8, 4) is 5.75 Å². The number of nitrogens with one attached hydrogen (secondary N) is 1. The molecule has 0 saturated carbocycles. The smallest absolute Gasteiger partial charge is 0.504 e. The standard InChI is InChI=1S/C21H26N2O.BF4/c1-14(2)16-8-7-9-17(15(3)4)20(16)21-22-12-13-23(21)18-10-5-6-11-19(18)24;2-1(3,4)5/h5-11,14-15,24H,12-13H2,1-4H3;/q;-1/p+1. The van der Waals surface area contributed by atoms with E-state index >= 15 is 0 Å². The van der Waals surface area contributed by atoms with Crippen molar-refractivity contribution in [3.63, 3.8) is 0 Å². The second-order valence-electron chi connectivity index (χ2n) is 7.53. The van der Waals surface area contributed by atoms with Crippen LogP contribution < -0.4 is 5.32 Å². The third kappa shape index (κ3) is 5.98. The highest BCUT2D eigenvalue weighted by Crippen LogP contribution is 2.31. The molecule has 0 unspecified atom stereocenters. The third-order valence-corrected chi connectivity index (χ3v) is 4.68. The number of amidine groups is 1. The van der Waals surface area contributed by atoms with Gasteiger partial charge in [0.2, 0.25) is 0 Å². The van der Waals surface area contributed by atoms with Gasteiger partial charge in [0.05, 0.1) is 5.56 Å². The third-order valence-electron chi connectivity index (χ3n) is 4.68. The van der Waals surface area contributed by atoms with Gasteiger partial charge in [-0.1, -0.05) is 58.0 Å². The van der Waals surface area contributed by atoms with Crippen LogP contribution >= 0.6 is 0 Å². The van der Waals surface area contributed by atoms with Gasteiger partial charge in [0.15, 0.2) is 11.4 Å². The van der Waals surface area contributed by atoms with Gasteiger partial charge in [-0.3, -0.25) is 5.32 Å². The van der Waals surface area contributed by atoms with Gasteiger partial charge in [0.1, 0.15) is 13.1 Å². The topological polar surface area (TPSA) is 35.3 Å². The summed E-state index contributed by atoms with van der Waals surface area (Å²) in [5.41, 5.74) is 4.87. The fraction of sp³-hybridized carbons (Fsp3) is 0.381. The molecule has 0 aromatic heterocycles. The molecule has 0 saturated heterocycles. The van der Waals surface area contributed by atoms with Crippen molar-refractivity contribution in [3.05, 3.63) is 59.2 Å². The first kappa shape index (κ1) is 22.8. The second kappa shape index (κ2) is 9.33. The van der Waals surface area contributed by atoms with Gasteiger partial charge in [0.25, 0.3) is 5.84 Å². The number of rotatable bonds is 4. The van der Waals surface area contributed by atoms with E-state index in [0.717, 1.165) is 24.6 Å². The molecule has 3 nitrogen and oxygen atoms in total. The highest BCUT2D eigenvalue weighted by Gasteiger charge is 2.30. The Morgan fingerprint density at radius 3 is 1.90 bits per heavy atom. The van der Waals surface area contributed by atoms with Crippen LogP contribution in [0.1, 0.15) is 56.2 Å². The van der Waals surface area contributed by atoms with E-state index in [4.69, 9.17) is 0 Å². The molecular weight excluding hydrogens is 383 g/mol. The molecule has 1 aliphatic heterocycles. The van der Waals surface area contributed by atoms with Crippen molar-refractivity contribution in [2.75, 3.05) is 13.1 Å². The summed E-state index contributed by atoms with van der Waals surface area (Å²) in [6, 6.07) is 14.2. The Bertz CT molecular complexity index is 847. The van der Waals surface area contributed by atoms with E-state index in [1.807, 2.05) is 18.2 Å². The van der Waals surface area contributed by atoms with Crippen molar-refractivity contribution >= 4 is 18.8 Å². The molecule has 0 bridgehead atoms. The van der Waals surface area contributed by atoms with Crippen LogP contribution in [0.2, 0.25) is 0 Å². The molecule has 1 aliphatic rings. The maximum atomic E-state index is 10.3. The van der Waals surface area contributed by atoms with E-state index in [9.17, 15) is 22.4 Å². The number of para-hydroxylation sites is 2. The Hall–Kier alpha value is -2.51. The Morgan fingerprint density at radius 2 is 1.41 bits per heavy atom. The van der Waals surface area contributed by atoms with Crippen LogP contribution in [0.3, 0.4) is 0 Å². The summed E-state index contributed by atoms with van der Waals surface area (Å²) in [7, 11) is -6.00. The summed E-state index contributed by atoms with van der Waals surface area (Å²) in [6.45, 7) is 10.7. The molecule has 0 fully saturated rings. The van der Waals surface area contributed by atoms with Crippen LogP contribution in [0.5, 0.6) is 5.75 Å². The van der Waals surface area contributed by atoms with Crippen LogP contribution in [-0.4, -0.2) is 35.9 Å². The zero-order valence-electron chi connectivity index (χ0n) is 17.1. The lowest BCUT2D eigenvalue weighted by Crippen LogP contribution is -2.26. The van der Waals surface area contributed by atoms with Crippen LogP contribution in [0.15, 0.2) is 42.5 Å². The van der Waals surface area contributed by atoms with Gasteiger partial charge in [-0.2, -0.15) is 0 Å². The lowest BCUT2D eigenvalue weighted by atomic mass is 9.88. The van der Waals surface area contributed by atoms with Gasteiger partial charge >= 0.3 is 7.25 Å². The molecule has 0 atom stereocenters. The molecule has 0 spiro atoms. The highest BCUT2D eigenvalue weighted by molar-refractivity contribution is 6.50. The Kier molecular flexibility index (Phi) is 7.33. The number of benzene rings is 2. The number of aromatic hydroxyl groups is 1. The second-order valence-corrected chi connectivity index (χ2v) is 7.53. The summed E-state index contributed by atoms with van der Waals surface area (Å²) in [4.78, 5) is 0.